The Kier molecular flexibility index (Phi) is 4.78. The summed E-state index contributed by atoms with van der Waals surface area (Å²) in [6.07, 6.45) is 2.01. The van der Waals surface area contributed by atoms with E-state index in [-0.39, 0.29) is 24.6 Å². The lowest BCUT2D eigenvalue weighted by Gasteiger charge is -2.06. The van der Waals surface area contributed by atoms with Gasteiger partial charge in [0.15, 0.2) is 0 Å². The third kappa shape index (κ3) is 4.43. The molecule has 0 aliphatic heterocycles. The van der Waals surface area contributed by atoms with Crippen LogP contribution in [0.3, 0.4) is 0 Å². The SMILES string of the molecule is O=C(O)CCNC(=O)c1ccc(NC(=O)c2cc(C3CC3)no2)cc1. The molecule has 1 aromatic heterocycles. The number of nitrogens with one attached hydrogen (secondary N) is 2. The van der Waals surface area contributed by atoms with Crippen LogP contribution in [0.15, 0.2) is 34.9 Å². The van der Waals surface area contributed by atoms with E-state index in [1.165, 1.54) is 0 Å². The summed E-state index contributed by atoms with van der Waals surface area (Å²) in [5.74, 6) is -1.20. The molecule has 8 nitrogen and oxygen atoms in total. The first-order valence-electron chi connectivity index (χ1n) is 7.91. The van der Waals surface area contributed by atoms with E-state index >= 15 is 0 Å². The van der Waals surface area contributed by atoms with Gasteiger partial charge in [-0.1, -0.05) is 5.16 Å². The summed E-state index contributed by atoms with van der Waals surface area (Å²) in [7, 11) is 0. The fourth-order valence-corrected chi connectivity index (χ4v) is 2.25. The number of nitrogens with zero attached hydrogens (tertiary/aromatic N) is 1. The quantitative estimate of drug-likeness (QED) is 0.707. The zero-order valence-corrected chi connectivity index (χ0v) is 13.3. The number of anilines is 1. The lowest BCUT2D eigenvalue weighted by Crippen LogP contribution is -2.25. The van der Waals surface area contributed by atoms with Crippen LogP contribution in [0.2, 0.25) is 0 Å². The largest absolute Gasteiger partial charge is 0.481 e. The maximum atomic E-state index is 12.1. The molecule has 0 unspecified atom stereocenters. The Morgan fingerprint density at radius 3 is 2.52 bits per heavy atom. The summed E-state index contributed by atoms with van der Waals surface area (Å²) in [6.45, 7) is 0.0570. The average Bonchev–Trinajstić information content (AvgIpc) is 3.32. The lowest BCUT2D eigenvalue weighted by atomic mass is 10.2. The molecule has 0 atom stereocenters. The summed E-state index contributed by atoms with van der Waals surface area (Å²) in [6, 6.07) is 7.91. The Hall–Kier alpha value is -3.16. The maximum Gasteiger partial charge on any atom is 0.305 e. The van der Waals surface area contributed by atoms with Crippen LogP contribution < -0.4 is 10.6 Å². The molecule has 0 spiro atoms. The third-order valence-electron chi connectivity index (χ3n) is 3.78. The number of benzene rings is 1. The summed E-state index contributed by atoms with van der Waals surface area (Å²) < 4.78 is 5.05. The lowest BCUT2D eigenvalue weighted by molar-refractivity contribution is -0.136. The van der Waals surface area contributed by atoms with E-state index < -0.39 is 11.9 Å². The topological polar surface area (TPSA) is 122 Å². The first-order valence-corrected chi connectivity index (χ1v) is 7.91. The van der Waals surface area contributed by atoms with Crippen LogP contribution in [0, 0.1) is 0 Å². The van der Waals surface area contributed by atoms with Crippen molar-refractivity contribution in [3.63, 3.8) is 0 Å². The van der Waals surface area contributed by atoms with Crippen molar-refractivity contribution in [2.75, 3.05) is 11.9 Å². The van der Waals surface area contributed by atoms with Crippen molar-refractivity contribution in [3.05, 3.63) is 47.3 Å². The molecule has 1 aromatic carbocycles. The molecule has 8 heteroatoms. The summed E-state index contributed by atoms with van der Waals surface area (Å²) in [4.78, 5) is 34.4. The van der Waals surface area contributed by atoms with Gasteiger partial charge in [-0.3, -0.25) is 14.4 Å². The van der Waals surface area contributed by atoms with Crippen molar-refractivity contribution in [1.29, 1.82) is 0 Å². The number of carbonyl (C=O) groups is 3. The van der Waals surface area contributed by atoms with Crippen LogP contribution in [0.4, 0.5) is 5.69 Å². The molecule has 2 amide bonds. The van der Waals surface area contributed by atoms with Crippen molar-refractivity contribution < 1.29 is 24.0 Å². The van der Waals surface area contributed by atoms with Crippen LogP contribution in [-0.4, -0.2) is 34.6 Å². The summed E-state index contributed by atoms with van der Waals surface area (Å²) >= 11 is 0. The fourth-order valence-electron chi connectivity index (χ4n) is 2.25. The Balaban J connectivity index is 1.55. The molecule has 3 rings (SSSR count). The Morgan fingerprint density at radius 2 is 1.88 bits per heavy atom. The van der Waals surface area contributed by atoms with E-state index in [2.05, 4.69) is 15.8 Å². The summed E-state index contributed by atoms with van der Waals surface area (Å²) in [5.41, 5.74) is 1.69. The molecule has 130 valence electrons. The van der Waals surface area contributed by atoms with Crippen LogP contribution >= 0.6 is 0 Å². The summed E-state index contributed by atoms with van der Waals surface area (Å²) in [5, 5.41) is 17.6. The van der Waals surface area contributed by atoms with Crippen molar-refractivity contribution in [1.82, 2.24) is 10.5 Å². The second kappa shape index (κ2) is 7.16. The molecule has 2 aromatic rings. The van der Waals surface area contributed by atoms with Gasteiger partial charge in [0, 0.05) is 29.8 Å². The fraction of sp³-hybridized carbons (Fsp3) is 0.294. The van der Waals surface area contributed by atoms with E-state index in [1.807, 2.05) is 0 Å². The maximum absolute atomic E-state index is 12.1. The third-order valence-corrected chi connectivity index (χ3v) is 3.78. The van der Waals surface area contributed by atoms with Crippen molar-refractivity contribution in [3.8, 4) is 0 Å². The first-order chi connectivity index (χ1) is 12.0. The minimum absolute atomic E-state index is 0.0570. The highest BCUT2D eigenvalue weighted by Gasteiger charge is 2.28. The standard InChI is InChI=1S/C17H17N3O5/c21-15(22)7-8-18-16(23)11-3-5-12(6-4-11)19-17(24)14-9-13(20-25-14)10-1-2-10/h3-6,9-10H,1-2,7-8H2,(H,18,23)(H,19,24)(H,21,22). The van der Waals surface area contributed by atoms with Crippen LogP contribution in [0.1, 0.15) is 51.8 Å². The van der Waals surface area contributed by atoms with Gasteiger partial charge < -0.3 is 20.3 Å². The second-order valence-electron chi connectivity index (χ2n) is 5.82. The van der Waals surface area contributed by atoms with Gasteiger partial charge in [-0.25, -0.2) is 0 Å². The molecule has 0 radical (unpaired) electrons. The molecular formula is C17H17N3O5. The van der Waals surface area contributed by atoms with Gasteiger partial charge in [0.05, 0.1) is 12.1 Å². The predicted molar refractivity (Wildman–Crippen MR) is 87.5 cm³/mol. The number of aromatic nitrogens is 1. The monoisotopic (exact) mass is 343 g/mol. The molecule has 0 saturated heterocycles. The number of rotatable bonds is 7. The Bertz CT molecular complexity index is 793. The molecule has 1 aliphatic carbocycles. The van der Waals surface area contributed by atoms with E-state index in [0.717, 1.165) is 18.5 Å². The van der Waals surface area contributed by atoms with Gasteiger partial charge in [0.2, 0.25) is 5.76 Å². The van der Waals surface area contributed by atoms with Crippen LogP contribution in [-0.2, 0) is 4.79 Å². The number of carboxylic acid groups (broad SMARTS) is 1. The Morgan fingerprint density at radius 1 is 1.16 bits per heavy atom. The molecule has 1 fully saturated rings. The highest BCUT2D eigenvalue weighted by Crippen LogP contribution is 2.39. The molecule has 1 aliphatic rings. The minimum Gasteiger partial charge on any atom is -0.481 e. The van der Waals surface area contributed by atoms with E-state index in [0.29, 0.717) is 17.2 Å². The van der Waals surface area contributed by atoms with Gasteiger partial charge in [0.25, 0.3) is 11.8 Å². The highest BCUT2D eigenvalue weighted by molar-refractivity contribution is 6.02. The van der Waals surface area contributed by atoms with Gasteiger partial charge in [-0.15, -0.1) is 0 Å². The number of carboxylic acids is 1. The average molecular weight is 343 g/mol. The van der Waals surface area contributed by atoms with Crippen LogP contribution in [0.25, 0.3) is 0 Å². The first kappa shape index (κ1) is 16.7. The van der Waals surface area contributed by atoms with Crippen molar-refractivity contribution >= 4 is 23.5 Å². The zero-order chi connectivity index (χ0) is 17.8. The van der Waals surface area contributed by atoms with Gasteiger partial charge in [-0.2, -0.15) is 0 Å². The van der Waals surface area contributed by atoms with Gasteiger partial charge in [-0.05, 0) is 37.1 Å². The molecule has 0 bridgehead atoms. The molecule has 25 heavy (non-hydrogen) atoms. The smallest absolute Gasteiger partial charge is 0.305 e. The van der Waals surface area contributed by atoms with Crippen molar-refractivity contribution in [2.45, 2.75) is 25.2 Å². The Labute approximate surface area is 143 Å². The van der Waals surface area contributed by atoms with Gasteiger partial charge in [0.1, 0.15) is 0 Å². The van der Waals surface area contributed by atoms with E-state index in [1.54, 1.807) is 30.3 Å². The second-order valence-corrected chi connectivity index (χ2v) is 5.82. The molecular weight excluding hydrogens is 326 g/mol. The van der Waals surface area contributed by atoms with E-state index in [9.17, 15) is 14.4 Å². The molecule has 1 heterocycles. The number of amides is 2. The number of aliphatic carboxylic acids is 1. The molecule has 1 saturated carbocycles. The minimum atomic E-state index is -0.976. The number of carbonyl (C=O) groups excluding carboxylic acids is 2. The number of hydrogen-bond acceptors (Lipinski definition) is 5. The molecule has 3 N–H and O–H groups in total. The van der Waals surface area contributed by atoms with Crippen LogP contribution in [0.5, 0.6) is 0 Å². The highest BCUT2D eigenvalue weighted by atomic mass is 16.5. The normalized spacial score (nSPS) is 13.3. The van der Waals surface area contributed by atoms with Gasteiger partial charge >= 0.3 is 5.97 Å². The van der Waals surface area contributed by atoms with E-state index in [4.69, 9.17) is 9.63 Å². The number of hydrogen-bond donors (Lipinski definition) is 3. The zero-order valence-electron chi connectivity index (χ0n) is 13.3. The van der Waals surface area contributed by atoms with Crippen molar-refractivity contribution in [2.24, 2.45) is 0 Å². The predicted octanol–water partition coefficient (Wildman–Crippen LogP) is 2.01.